The van der Waals surface area contributed by atoms with Crippen LogP contribution in [0, 0.1) is 35.0 Å². The number of amides is 1. The third-order valence-electron chi connectivity index (χ3n) is 13.8. The van der Waals surface area contributed by atoms with Gasteiger partial charge in [-0.3, -0.25) is 4.79 Å². The monoisotopic (exact) mass is 681 g/mol. The predicted octanol–water partition coefficient (Wildman–Crippen LogP) is 6.12. The van der Waals surface area contributed by atoms with E-state index in [1.807, 2.05) is 23.1 Å². The van der Waals surface area contributed by atoms with Crippen molar-refractivity contribution in [2.45, 2.75) is 74.9 Å². The Morgan fingerprint density at radius 1 is 1.00 bits per heavy atom. The van der Waals surface area contributed by atoms with Gasteiger partial charge in [-0.1, -0.05) is 0 Å². The van der Waals surface area contributed by atoms with Crippen molar-refractivity contribution < 1.29 is 42.1 Å². The van der Waals surface area contributed by atoms with E-state index < -0.39 is 34.8 Å². The summed E-state index contributed by atoms with van der Waals surface area (Å²) in [6.45, 7) is 3.65. The van der Waals surface area contributed by atoms with Crippen molar-refractivity contribution >= 4 is 23.4 Å². The van der Waals surface area contributed by atoms with Gasteiger partial charge in [-0.25, -0.2) is 9.78 Å². The van der Waals surface area contributed by atoms with E-state index in [9.17, 15) is 27.9 Å². The molecule has 4 aliphatic carbocycles. The van der Waals surface area contributed by atoms with Gasteiger partial charge < -0.3 is 29.5 Å². The number of rotatable bonds is 8. The summed E-state index contributed by atoms with van der Waals surface area (Å²) in [7, 11) is 0. The third kappa shape index (κ3) is 4.54. The second kappa shape index (κ2) is 11.1. The van der Waals surface area contributed by atoms with Crippen LogP contribution in [-0.4, -0.2) is 67.1 Å². The number of nitrogens with one attached hydrogen (secondary N) is 1. The van der Waals surface area contributed by atoms with E-state index in [-0.39, 0.29) is 28.5 Å². The molecule has 2 bridgehead atoms. The summed E-state index contributed by atoms with van der Waals surface area (Å²) in [4.78, 5) is 32.5. The van der Waals surface area contributed by atoms with Crippen LogP contribution in [0.25, 0.3) is 0 Å². The van der Waals surface area contributed by atoms with Crippen molar-refractivity contribution in [1.82, 2.24) is 10.3 Å². The summed E-state index contributed by atoms with van der Waals surface area (Å²) < 4.78 is 61.6. The average molecular weight is 682 g/mol. The second-order valence-corrected chi connectivity index (χ2v) is 15.7. The minimum atomic E-state index is -4.94. The quantitative estimate of drug-likeness (QED) is 0.344. The van der Waals surface area contributed by atoms with Crippen LogP contribution in [0.5, 0.6) is 5.75 Å². The number of carboxylic acids is 1. The molecule has 3 aliphatic heterocycles. The topological polar surface area (TPSA) is 110 Å². The molecule has 6 atom stereocenters. The number of alkyl halides is 3. The number of hydrogen-bond acceptors (Lipinski definition) is 7. The van der Waals surface area contributed by atoms with Crippen LogP contribution >= 0.6 is 0 Å². The van der Waals surface area contributed by atoms with Crippen LogP contribution in [0.2, 0.25) is 0 Å². The number of aromatic nitrogens is 1. The Morgan fingerprint density at radius 2 is 1.73 bits per heavy atom. The first-order valence-corrected chi connectivity index (χ1v) is 17.9. The third-order valence-corrected chi connectivity index (χ3v) is 13.8. The Hall–Kier alpha value is -3.38. The molecule has 9 nitrogen and oxygen atoms in total. The van der Waals surface area contributed by atoms with Crippen molar-refractivity contribution in [2.75, 3.05) is 44.5 Å². The number of benzene rings is 1. The van der Waals surface area contributed by atoms with Gasteiger partial charge in [0.15, 0.2) is 5.69 Å². The predicted molar refractivity (Wildman–Crippen MR) is 171 cm³/mol. The molecule has 2 spiro atoms. The number of carboxylic acid groups (broad SMARTS) is 1. The molecular weight excluding hydrogens is 639 g/mol. The molecule has 2 aromatic rings. The molecule has 6 fully saturated rings. The van der Waals surface area contributed by atoms with Gasteiger partial charge in [-0.05, 0) is 129 Å². The minimum Gasteiger partial charge on any atom is -0.494 e. The average Bonchev–Trinajstić information content (AvgIpc) is 3.69. The zero-order valence-electron chi connectivity index (χ0n) is 27.4. The Labute approximate surface area is 282 Å². The van der Waals surface area contributed by atoms with Crippen LogP contribution in [0.15, 0.2) is 30.3 Å². The molecule has 49 heavy (non-hydrogen) atoms. The standard InChI is InChI=1S/C37H42F3N3O6/c38-37(39,40)31-26(32(44)42-36(33(45)46)24-16-22-15-23-17-29(36)35(22,23)19-24)2-4-30(41-31)43-20-34(8-13-48-14-9-34)27-18-25(1-3-28(27)43)49-12-7-21-5-10-47-11-6-21/h1-4,18,21-24,29H,5-17,19-20H2,(H,42,44)(H,45,46). The largest absolute Gasteiger partial charge is 0.494 e. The van der Waals surface area contributed by atoms with Crippen molar-refractivity contribution in [3.8, 4) is 5.75 Å². The smallest absolute Gasteiger partial charge is 0.434 e. The maximum Gasteiger partial charge on any atom is 0.434 e. The molecule has 7 aliphatic rings. The molecular formula is C37H42F3N3O6. The minimum absolute atomic E-state index is 0.0652. The molecule has 2 N–H and O–H groups in total. The number of pyridine rings is 1. The summed E-state index contributed by atoms with van der Waals surface area (Å²) in [6.07, 6.45) is 2.70. The van der Waals surface area contributed by atoms with E-state index in [0.717, 1.165) is 62.3 Å². The van der Waals surface area contributed by atoms with Crippen LogP contribution in [0.4, 0.5) is 24.7 Å². The van der Waals surface area contributed by atoms with Crippen LogP contribution in [0.1, 0.15) is 79.4 Å². The first kappa shape index (κ1) is 31.6. The molecule has 4 saturated carbocycles. The molecule has 6 unspecified atom stereocenters. The molecule has 262 valence electrons. The fraction of sp³-hybridized carbons (Fsp3) is 0.649. The summed E-state index contributed by atoms with van der Waals surface area (Å²) in [5, 5.41) is 13.2. The number of ether oxygens (including phenoxy) is 3. The fourth-order valence-electron chi connectivity index (χ4n) is 11.4. The first-order chi connectivity index (χ1) is 23.5. The molecule has 4 heterocycles. The lowest BCUT2D eigenvalue weighted by Crippen LogP contribution is -2.73. The number of anilines is 2. The van der Waals surface area contributed by atoms with E-state index in [4.69, 9.17) is 14.2 Å². The Kier molecular flexibility index (Phi) is 7.13. The number of hydrogen-bond donors (Lipinski definition) is 2. The lowest BCUT2D eigenvalue weighted by Gasteiger charge is -2.69. The van der Waals surface area contributed by atoms with Crippen molar-refractivity contribution in [2.24, 2.45) is 35.0 Å². The normalized spacial score (nSPS) is 33.8. The SMILES string of the molecule is O=C(NC1(C(=O)O)C2CC3CC4CC1C34C2)c1ccc(N2CC3(CCOCC3)c3cc(OCCC4CCOCC4)ccc32)nc1C(F)(F)F. The zero-order chi connectivity index (χ0) is 33.8. The Bertz CT molecular complexity index is 1690. The first-order valence-electron chi connectivity index (χ1n) is 17.9. The maximum absolute atomic E-state index is 14.7. The van der Waals surface area contributed by atoms with Gasteiger partial charge >= 0.3 is 12.1 Å². The van der Waals surface area contributed by atoms with Gasteiger partial charge in [0.25, 0.3) is 5.91 Å². The van der Waals surface area contributed by atoms with Crippen molar-refractivity contribution in [3.05, 3.63) is 47.2 Å². The lowest BCUT2D eigenvalue weighted by molar-refractivity contribution is -0.209. The molecule has 9 rings (SSSR count). The number of carbonyl (C=O) groups is 2. The molecule has 0 radical (unpaired) electrons. The van der Waals surface area contributed by atoms with Gasteiger partial charge in [-0.2, -0.15) is 13.2 Å². The van der Waals surface area contributed by atoms with Crippen LogP contribution in [0.3, 0.4) is 0 Å². The molecule has 1 aromatic carbocycles. The van der Waals surface area contributed by atoms with E-state index in [1.165, 1.54) is 12.1 Å². The van der Waals surface area contributed by atoms with Gasteiger partial charge in [0.05, 0.1) is 12.2 Å². The highest BCUT2D eigenvalue weighted by atomic mass is 19.4. The number of halogens is 3. The van der Waals surface area contributed by atoms with Gasteiger partial charge in [0, 0.05) is 44.1 Å². The summed E-state index contributed by atoms with van der Waals surface area (Å²) in [5.41, 5.74) is -2.14. The van der Waals surface area contributed by atoms with Crippen LogP contribution < -0.4 is 15.0 Å². The van der Waals surface area contributed by atoms with E-state index in [0.29, 0.717) is 69.8 Å². The van der Waals surface area contributed by atoms with Gasteiger partial charge in [0.1, 0.15) is 17.1 Å². The number of carbonyl (C=O) groups excluding carboxylic acids is 1. The van der Waals surface area contributed by atoms with Gasteiger partial charge in [-0.15, -0.1) is 0 Å². The maximum atomic E-state index is 14.7. The fourth-order valence-corrected chi connectivity index (χ4v) is 11.4. The lowest BCUT2D eigenvalue weighted by atomic mass is 9.36. The Morgan fingerprint density at radius 3 is 2.45 bits per heavy atom. The number of aliphatic carboxylic acids is 1. The zero-order valence-corrected chi connectivity index (χ0v) is 27.4. The molecule has 2 saturated heterocycles. The number of fused-ring (bicyclic) bond motifs is 3. The van der Waals surface area contributed by atoms with Crippen molar-refractivity contribution in [1.29, 1.82) is 0 Å². The summed E-state index contributed by atoms with van der Waals surface area (Å²) in [5.74, 6) is -0.343. The highest BCUT2D eigenvalue weighted by Gasteiger charge is 2.83. The molecule has 1 amide bonds. The van der Waals surface area contributed by atoms with E-state index in [2.05, 4.69) is 10.3 Å². The Balaban J connectivity index is 1.00. The van der Waals surface area contributed by atoms with E-state index in [1.54, 1.807) is 0 Å². The highest BCUT2D eigenvalue weighted by Crippen LogP contribution is 2.83. The molecule has 12 heteroatoms. The summed E-state index contributed by atoms with van der Waals surface area (Å²) >= 11 is 0. The van der Waals surface area contributed by atoms with Crippen molar-refractivity contribution in [3.63, 3.8) is 0 Å². The molecule has 1 aromatic heterocycles. The summed E-state index contributed by atoms with van der Waals surface area (Å²) in [6, 6.07) is 8.40. The van der Waals surface area contributed by atoms with E-state index >= 15 is 0 Å². The number of nitrogens with zero attached hydrogens (tertiary/aromatic N) is 2. The second-order valence-electron chi connectivity index (χ2n) is 15.7. The van der Waals surface area contributed by atoms with Gasteiger partial charge in [0.2, 0.25) is 0 Å². The highest BCUT2D eigenvalue weighted by molar-refractivity contribution is 6.00. The van der Waals surface area contributed by atoms with Crippen LogP contribution in [-0.2, 0) is 25.9 Å².